The molecule has 1 aliphatic rings. The number of nitrogens with zero attached hydrogens (tertiary/aromatic N) is 4. The topological polar surface area (TPSA) is 110 Å². The Morgan fingerprint density at radius 2 is 1.83 bits per heavy atom. The molecule has 0 saturated heterocycles. The monoisotopic (exact) mass is 608 g/mol. The lowest BCUT2D eigenvalue weighted by Gasteiger charge is -2.22. The molecule has 220 valence electrons. The molecule has 3 atom stereocenters. The van der Waals surface area contributed by atoms with Gasteiger partial charge in [-0.15, -0.1) is 11.3 Å². The highest BCUT2D eigenvalue weighted by atomic mass is 35.5. The minimum absolute atomic E-state index is 0.138. The Morgan fingerprint density at radius 1 is 1.05 bits per heavy atom. The predicted molar refractivity (Wildman–Crippen MR) is 151 cm³/mol. The molecule has 4 rings (SSSR count). The quantitative estimate of drug-likeness (QED) is 0.278. The van der Waals surface area contributed by atoms with Crippen molar-refractivity contribution in [3.05, 3.63) is 62.7 Å². The van der Waals surface area contributed by atoms with E-state index < -0.39 is 34.6 Å². The van der Waals surface area contributed by atoms with E-state index in [4.69, 9.17) is 11.6 Å². The standard InChI is InChI=1S/C28H32ClF3N6O2S/c1-16-5-3-4-6-18(8-7-16)9-10-19-11-22(36-15-35-19)25(39)37-17(2)27-34-14-23(41-27)26(40)38-24-12-20(28(30,31)32)21(29)13-33-24/h11-18H,3-10H2,1-2H3,(H,37,39)(H,33,38,40). The van der Waals surface area contributed by atoms with E-state index in [1.807, 2.05) is 0 Å². The number of nitrogens with one attached hydrogen (secondary N) is 2. The van der Waals surface area contributed by atoms with E-state index >= 15 is 0 Å². The largest absolute Gasteiger partial charge is 0.418 e. The molecule has 0 aromatic carbocycles. The number of thiazole rings is 1. The van der Waals surface area contributed by atoms with E-state index in [9.17, 15) is 22.8 Å². The van der Waals surface area contributed by atoms with Gasteiger partial charge in [0.2, 0.25) is 0 Å². The Morgan fingerprint density at radius 3 is 2.61 bits per heavy atom. The number of halogens is 4. The summed E-state index contributed by atoms with van der Waals surface area (Å²) in [6.07, 6.45) is 8.25. The molecule has 1 saturated carbocycles. The molecule has 3 heterocycles. The van der Waals surface area contributed by atoms with Crippen molar-refractivity contribution in [1.29, 1.82) is 0 Å². The summed E-state index contributed by atoms with van der Waals surface area (Å²) in [4.78, 5) is 42.1. The lowest BCUT2D eigenvalue weighted by molar-refractivity contribution is -0.137. The maximum absolute atomic E-state index is 13.1. The highest BCUT2D eigenvalue weighted by molar-refractivity contribution is 7.13. The zero-order valence-electron chi connectivity index (χ0n) is 22.8. The van der Waals surface area contributed by atoms with Gasteiger partial charge >= 0.3 is 6.18 Å². The first-order chi connectivity index (χ1) is 19.5. The highest BCUT2D eigenvalue weighted by Crippen LogP contribution is 2.35. The molecule has 0 aliphatic heterocycles. The van der Waals surface area contributed by atoms with Crippen LogP contribution < -0.4 is 10.6 Å². The van der Waals surface area contributed by atoms with Gasteiger partial charge in [-0.1, -0.05) is 57.0 Å². The van der Waals surface area contributed by atoms with Gasteiger partial charge in [0.25, 0.3) is 11.8 Å². The Bertz CT molecular complexity index is 1370. The van der Waals surface area contributed by atoms with Crippen molar-refractivity contribution < 1.29 is 22.8 Å². The molecular formula is C28H32ClF3N6O2S. The Labute approximate surface area is 245 Å². The first-order valence-corrected chi connectivity index (χ1v) is 14.8. The molecule has 0 radical (unpaired) electrons. The van der Waals surface area contributed by atoms with Crippen LogP contribution in [-0.2, 0) is 12.6 Å². The summed E-state index contributed by atoms with van der Waals surface area (Å²) in [5.41, 5.74) is -0.0318. The first kappa shape index (κ1) is 30.8. The Kier molecular flexibility index (Phi) is 10.3. The highest BCUT2D eigenvalue weighted by Gasteiger charge is 2.34. The van der Waals surface area contributed by atoms with Crippen LogP contribution >= 0.6 is 22.9 Å². The van der Waals surface area contributed by atoms with Crippen LogP contribution in [-0.4, -0.2) is 31.8 Å². The number of pyridine rings is 1. The predicted octanol–water partition coefficient (Wildman–Crippen LogP) is 7.28. The number of aryl methyl sites for hydroxylation is 1. The normalized spacial score (nSPS) is 18.7. The number of rotatable bonds is 8. The summed E-state index contributed by atoms with van der Waals surface area (Å²) in [5.74, 6) is 0.0705. The zero-order valence-corrected chi connectivity index (χ0v) is 24.4. The fraction of sp³-hybridized carbons (Fsp3) is 0.500. The van der Waals surface area contributed by atoms with Gasteiger partial charge in [0.15, 0.2) is 0 Å². The van der Waals surface area contributed by atoms with Gasteiger partial charge in [-0.05, 0) is 43.7 Å². The van der Waals surface area contributed by atoms with Gasteiger partial charge in [-0.2, -0.15) is 13.2 Å². The maximum Gasteiger partial charge on any atom is 0.418 e. The second-order valence-corrected chi connectivity index (χ2v) is 12.0. The van der Waals surface area contributed by atoms with Gasteiger partial charge in [0.1, 0.15) is 27.7 Å². The molecule has 3 aromatic rings. The average Bonchev–Trinajstić information content (AvgIpc) is 3.42. The van der Waals surface area contributed by atoms with E-state index in [2.05, 4.69) is 37.5 Å². The minimum Gasteiger partial charge on any atom is -0.342 e. The SMILES string of the molecule is CC1CCCCC(CCc2cc(C(=O)NC(C)c3ncc(C(=O)Nc4cc(C(F)(F)F)c(Cl)cn4)s3)ncn2)CC1. The van der Waals surface area contributed by atoms with Crippen molar-refractivity contribution in [1.82, 2.24) is 25.3 Å². The molecule has 0 spiro atoms. The smallest absolute Gasteiger partial charge is 0.342 e. The molecule has 41 heavy (non-hydrogen) atoms. The number of carbonyl (C=O) groups excluding carboxylic acids is 2. The molecule has 3 unspecified atom stereocenters. The van der Waals surface area contributed by atoms with Gasteiger partial charge in [0, 0.05) is 11.9 Å². The average molecular weight is 609 g/mol. The van der Waals surface area contributed by atoms with Crippen molar-refractivity contribution >= 4 is 40.6 Å². The molecule has 2 N–H and O–H groups in total. The summed E-state index contributed by atoms with van der Waals surface area (Å²) >= 11 is 6.59. The third-order valence-electron chi connectivity index (χ3n) is 7.26. The van der Waals surface area contributed by atoms with Crippen molar-refractivity contribution in [2.75, 3.05) is 5.32 Å². The molecule has 1 aliphatic carbocycles. The number of alkyl halides is 3. The molecule has 0 bridgehead atoms. The zero-order chi connectivity index (χ0) is 29.6. The Hall–Kier alpha value is -3.12. The molecule has 2 amide bonds. The van der Waals surface area contributed by atoms with Crippen LogP contribution in [0.5, 0.6) is 0 Å². The Balaban J connectivity index is 1.33. The van der Waals surface area contributed by atoms with E-state index in [1.165, 1.54) is 51.0 Å². The third-order valence-corrected chi connectivity index (χ3v) is 8.74. The van der Waals surface area contributed by atoms with E-state index in [0.717, 1.165) is 42.0 Å². The van der Waals surface area contributed by atoms with E-state index in [-0.39, 0.29) is 16.4 Å². The van der Waals surface area contributed by atoms with Crippen LogP contribution in [0.25, 0.3) is 0 Å². The van der Waals surface area contributed by atoms with Crippen molar-refractivity contribution in [2.24, 2.45) is 11.8 Å². The van der Waals surface area contributed by atoms with Crippen molar-refractivity contribution in [2.45, 2.75) is 77.4 Å². The second kappa shape index (κ2) is 13.7. The summed E-state index contributed by atoms with van der Waals surface area (Å²) in [7, 11) is 0. The number of carbonyl (C=O) groups is 2. The number of hydrogen-bond acceptors (Lipinski definition) is 7. The van der Waals surface area contributed by atoms with E-state index in [0.29, 0.717) is 17.0 Å². The number of anilines is 1. The number of hydrogen-bond donors (Lipinski definition) is 2. The van der Waals surface area contributed by atoms with Crippen LogP contribution in [0.1, 0.15) is 101 Å². The molecular weight excluding hydrogens is 577 g/mol. The van der Waals surface area contributed by atoms with Crippen LogP contribution in [0.15, 0.2) is 30.9 Å². The van der Waals surface area contributed by atoms with Crippen molar-refractivity contribution in [3.8, 4) is 0 Å². The van der Waals surface area contributed by atoms with Gasteiger partial charge < -0.3 is 10.6 Å². The second-order valence-electron chi connectivity index (χ2n) is 10.5. The summed E-state index contributed by atoms with van der Waals surface area (Å²) in [5, 5.41) is 5.03. The van der Waals surface area contributed by atoms with Crippen LogP contribution in [0.4, 0.5) is 19.0 Å². The molecule has 8 nitrogen and oxygen atoms in total. The van der Waals surface area contributed by atoms with Gasteiger partial charge in [0.05, 0.1) is 22.8 Å². The van der Waals surface area contributed by atoms with Crippen LogP contribution in [0.3, 0.4) is 0 Å². The molecule has 3 aromatic heterocycles. The number of amides is 2. The van der Waals surface area contributed by atoms with Gasteiger partial charge in [-0.25, -0.2) is 19.9 Å². The summed E-state index contributed by atoms with van der Waals surface area (Å²) in [6, 6.07) is 1.83. The molecule has 1 fully saturated rings. The molecule has 13 heteroatoms. The minimum atomic E-state index is -4.69. The fourth-order valence-corrected chi connectivity index (χ4v) is 5.89. The maximum atomic E-state index is 13.1. The third kappa shape index (κ3) is 8.68. The lowest BCUT2D eigenvalue weighted by atomic mass is 9.84. The summed E-state index contributed by atoms with van der Waals surface area (Å²) in [6.45, 7) is 4.04. The van der Waals surface area contributed by atoms with Crippen LogP contribution in [0, 0.1) is 11.8 Å². The van der Waals surface area contributed by atoms with Crippen LogP contribution in [0.2, 0.25) is 5.02 Å². The van der Waals surface area contributed by atoms with Gasteiger partial charge in [-0.3, -0.25) is 9.59 Å². The van der Waals surface area contributed by atoms with Crippen molar-refractivity contribution in [3.63, 3.8) is 0 Å². The first-order valence-electron chi connectivity index (χ1n) is 13.6. The fourth-order valence-electron chi connectivity index (χ4n) is 4.86. The summed E-state index contributed by atoms with van der Waals surface area (Å²) < 4.78 is 39.3. The lowest BCUT2D eigenvalue weighted by Crippen LogP contribution is -2.27. The number of aromatic nitrogens is 4. The van der Waals surface area contributed by atoms with E-state index in [1.54, 1.807) is 13.0 Å².